The van der Waals surface area contributed by atoms with Crippen molar-refractivity contribution in [1.29, 1.82) is 0 Å². The van der Waals surface area contributed by atoms with Crippen molar-refractivity contribution < 1.29 is 0 Å². The smallest absolute Gasteiger partial charge is 0.202 e. The highest BCUT2D eigenvalue weighted by atomic mass is 35.5. The minimum atomic E-state index is 0.668. The molecule has 0 aliphatic heterocycles. The van der Waals surface area contributed by atoms with E-state index in [1.165, 1.54) is 0 Å². The fourth-order valence-corrected chi connectivity index (χ4v) is 2.36. The molecule has 0 saturated carbocycles. The molecule has 3 nitrogen and oxygen atoms in total. The van der Waals surface area contributed by atoms with Crippen LogP contribution in [0, 0.1) is 0 Å². The van der Waals surface area contributed by atoms with E-state index >= 15 is 0 Å². The van der Waals surface area contributed by atoms with Gasteiger partial charge in [-0.15, -0.1) is 0 Å². The van der Waals surface area contributed by atoms with Crippen LogP contribution in [-0.2, 0) is 13.0 Å². The van der Waals surface area contributed by atoms with Crippen molar-refractivity contribution in [2.24, 2.45) is 0 Å². The van der Waals surface area contributed by atoms with Crippen molar-refractivity contribution in [3.05, 3.63) is 46.2 Å². The van der Waals surface area contributed by atoms with Crippen molar-refractivity contribution in [2.45, 2.75) is 26.3 Å². The maximum Gasteiger partial charge on any atom is 0.202 e. The van der Waals surface area contributed by atoms with Crippen molar-refractivity contribution in [2.75, 3.05) is 11.9 Å². The van der Waals surface area contributed by atoms with Crippen LogP contribution in [0.1, 0.15) is 18.9 Å². The van der Waals surface area contributed by atoms with E-state index in [2.05, 4.69) is 21.8 Å². The monoisotopic (exact) mass is 297 g/mol. The van der Waals surface area contributed by atoms with E-state index in [-0.39, 0.29) is 0 Å². The van der Waals surface area contributed by atoms with Crippen LogP contribution < -0.4 is 5.32 Å². The second-order valence-corrected chi connectivity index (χ2v) is 5.20. The number of halogens is 2. The Bertz CT molecular complexity index is 537. The van der Waals surface area contributed by atoms with Crippen LogP contribution in [0.2, 0.25) is 10.0 Å². The van der Waals surface area contributed by atoms with E-state index in [4.69, 9.17) is 23.2 Å². The van der Waals surface area contributed by atoms with E-state index in [0.717, 1.165) is 42.5 Å². The fraction of sp³-hybridized carbons (Fsp3) is 0.357. The van der Waals surface area contributed by atoms with Gasteiger partial charge in [-0.25, -0.2) is 4.98 Å². The van der Waals surface area contributed by atoms with Gasteiger partial charge in [-0.1, -0.05) is 36.2 Å². The molecule has 2 aromatic rings. The second kappa shape index (κ2) is 6.83. The van der Waals surface area contributed by atoms with Crippen molar-refractivity contribution in [1.82, 2.24) is 9.55 Å². The summed E-state index contributed by atoms with van der Waals surface area (Å²) in [6.45, 7) is 3.90. The lowest BCUT2D eigenvalue weighted by molar-refractivity contribution is 0.698. The van der Waals surface area contributed by atoms with Crippen molar-refractivity contribution >= 4 is 29.2 Å². The summed E-state index contributed by atoms with van der Waals surface area (Å²) in [5, 5.41) is 4.69. The minimum absolute atomic E-state index is 0.668. The number of anilines is 1. The van der Waals surface area contributed by atoms with E-state index in [1.54, 1.807) is 6.07 Å². The summed E-state index contributed by atoms with van der Waals surface area (Å²) in [5.41, 5.74) is 1.10. The lowest BCUT2D eigenvalue weighted by atomic mass is 10.1. The third-order valence-electron chi connectivity index (χ3n) is 2.89. The molecule has 0 radical (unpaired) electrons. The van der Waals surface area contributed by atoms with Crippen LogP contribution >= 0.6 is 23.2 Å². The number of rotatable bonds is 6. The molecule has 102 valence electrons. The summed E-state index contributed by atoms with van der Waals surface area (Å²) in [6, 6.07) is 5.62. The molecule has 1 aromatic heterocycles. The van der Waals surface area contributed by atoms with Gasteiger partial charge in [0.1, 0.15) is 0 Å². The lowest BCUT2D eigenvalue weighted by Gasteiger charge is -2.10. The van der Waals surface area contributed by atoms with Gasteiger partial charge in [-0.3, -0.25) is 0 Å². The van der Waals surface area contributed by atoms with Gasteiger partial charge in [0.05, 0.1) is 0 Å². The zero-order valence-corrected chi connectivity index (χ0v) is 12.4. The number of hydrogen-bond acceptors (Lipinski definition) is 2. The van der Waals surface area contributed by atoms with Gasteiger partial charge >= 0.3 is 0 Å². The number of hydrogen-bond donors (Lipinski definition) is 1. The molecule has 1 heterocycles. The Morgan fingerprint density at radius 3 is 2.89 bits per heavy atom. The van der Waals surface area contributed by atoms with Crippen LogP contribution in [0.25, 0.3) is 0 Å². The highest BCUT2D eigenvalue weighted by molar-refractivity contribution is 6.35. The molecule has 19 heavy (non-hydrogen) atoms. The summed E-state index contributed by atoms with van der Waals surface area (Å²) in [6.07, 6.45) is 5.71. The van der Waals surface area contributed by atoms with Crippen molar-refractivity contribution in [3.63, 3.8) is 0 Å². The molecule has 0 saturated heterocycles. The van der Waals surface area contributed by atoms with E-state index in [0.29, 0.717) is 5.02 Å². The Kier molecular flexibility index (Phi) is 5.11. The molecule has 5 heteroatoms. The molecular formula is C14H17Cl2N3. The number of imidazole rings is 1. The van der Waals surface area contributed by atoms with E-state index < -0.39 is 0 Å². The largest absolute Gasteiger partial charge is 0.356 e. The van der Waals surface area contributed by atoms with Crippen molar-refractivity contribution in [3.8, 4) is 0 Å². The van der Waals surface area contributed by atoms with Gasteiger partial charge in [0.15, 0.2) is 0 Å². The van der Waals surface area contributed by atoms with E-state index in [1.807, 2.05) is 24.5 Å². The highest BCUT2D eigenvalue weighted by Gasteiger charge is 2.05. The SMILES string of the molecule is CCCNc1nccn1CCc1ccc(Cl)cc1Cl. The predicted molar refractivity (Wildman–Crippen MR) is 81.2 cm³/mol. The zero-order chi connectivity index (χ0) is 13.7. The highest BCUT2D eigenvalue weighted by Crippen LogP contribution is 2.22. The molecule has 0 bridgehead atoms. The standard InChI is InChI=1S/C14H17Cl2N3/c1-2-6-17-14-18-7-9-19(14)8-5-11-3-4-12(15)10-13(11)16/h3-4,7,9-10H,2,5-6,8H2,1H3,(H,17,18). The maximum absolute atomic E-state index is 6.17. The fourth-order valence-electron chi connectivity index (χ4n) is 1.86. The zero-order valence-electron chi connectivity index (χ0n) is 10.9. The van der Waals surface area contributed by atoms with Crippen LogP contribution in [0.4, 0.5) is 5.95 Å². The molecule has 0 fully saturated rings. The molecule has 0 aliphatic carbocycles. The molecule has 0 aliphatic rings. The van der Waals surface area contributed by atoms with Gasteiger partial charge in [0.2, 0.25) is 5.95 Å². The first-order valence-electron chi connectivity index (χ1n) is 6.39. The van der Waals surface area contributed by atoms with E-state index in [9.17, 15) is 0 Å². The molecule has 1 aromatic carbocycles. The van der Waals surface area contributed by atoms with Crippen LogP contribution in [0.15, 0.2) is 30.6 Å². The number of nitrogens with zero attached hydrogens (tertiary/aromatic N) is 2. The predicted octanol–water partition coefficient (Wildman–Crippen LogP) is 4.25. The number of benzene rings is 1. The summed E-state index contributed by atoms with van der Waals surface area (Å²) >= 11 is 12.1. The van der Waals surface area contributed by atoms with Gasteiger partial charge < -0.3 is 9.88 Å². The Morgan fingerprint density at radius 1 is 1.32 bits per heavy atom. The topological polar surface area (TPSA) is 29.9 Å². The first-order chi connectivity index (χ1) is 9.20. The number of nitrogens with one attached hydrogen (secondary N) is 1. The first kappa shape index (κ1) is 14.2. The Balaban J connectivity index is 2.00. The molecule has 2 rings (SSSR count). The normalized spacial score (nSPS) is 10.7. The summed E-state index contributed by atoms with van der Waals surface area (Å²) in [7, 11) is 0. The van der Waals surface area contributed by atoms with Crippen LogP contribution in [0.5, 0.6) is 0 Å². The molecule has 0 atom stereocenters. The Morgan fingerprint density at radius 2 is 2.16 bits per heavy atom. The average molecular weight is 298 g/mol. The van der Waals surface area contributed by atoms with Gasteiger partial charge in [0, 0.05) is 35.5 Å². The quantitative estimate of drug-likeness (QED) is 0.863. The molecule has 0 amide bonds. The molecule has 0 spiro atoms. The maximum atomic E-state index is 6.17. The van der Waals surface area contributed by atoms with Crippen LogP contribution in [-0.4, -0.2) is 16.1 Å². The third-order valence-corrected chi connectivity index (χ3v) is 3.47. The summed E-state index contributed by atoms with van der Waals surface area (Å²) in [5.74, 6) is 0.909. The molecule has 0 unspecified atom stereocenters. The molecular weight excluding hydrogens is 281 g/mol. The minimum Gasteiger partial charge on any atom is -0.356 e. The van der Waals surface area contributed by atoms with Gasteiger partial charge in [0.25, 0.3) is 0 Å². The van der Waals surface area contributed by atoms with Gasteiger partial charge in [-0.2, -0.15) is 0 Å². The first-order valence-corrected chi connectivity index (χ1v) is 7.15. The third kappa shape index (κ3) is 3.88. The number of aromatic nitrogens is 2. The Hall–Kier alpha value is -1.19. The average Bonchev–Trinajstić information content (AvgIpc) is 2.83. The number of aryl methyl sites for hydroxylation is 2. The van der Waals surface area contributed by atoms with Gasteiger partial charge in [-0.05, 0) is 30.5 Å². The molecule has 1 N–H and O–H groups in total. The second-order valence-electron chi connectivity index (χ2n) is 4.36. The van der Waals surface area contributed by atoms with Crippen LogP contribution in [0.3, 0.4) is 0 Å². The lowest BCUT2D eigenvalue weighted by Crippen LogP contribution is -2.09. The Labute approximate surface area is 123 Å². The summed E-state index contributed by atoms with van der Waals surface area (Å²) in [4.78, 5) is 4.30. The summed E-state index contributed by atoms with van der Waals surface area (Å²) < 4.78 is 2.10.